The fourth-order valence-corrected chi connectivity index (χ4v) is 2.39. The highest BCUT2D eigenvalue weighted by Crippen LogP contribution is 2.31. The topological polar surface area (TPSA) is 98.5 Å². The molecule has 0 unspecified atom stereocenters. The molecule has 0 radical (unpaired) electrons. The Morgan fingerprint density at radius 2 is 2.03 bits per heavy atom. The van der Waals surface area contributed by atoms with E-state index in [-0.39, 0.29) is 41.3 Å². The number of benzene rings is 2. The lowest BCUT2D eigenvalue weighted by Crippen LogP contribution is -2.26. The van der Waals surface area contributed by atoms with Crippen molar-refractivity contribution >= 4 is 28.4 Å². The van der Waals surface area contributed by atoms with Gasteiger partial charge in [0, 0.05) is 11.3 Å². The van der Waals surface area contributed by atoms with Gasteiger partial charge in [0.25, 0.3) is 5.91 Å². The van der Waals surface area contributed by atoms with Crippen LogP contribution in [-0.4, -0.2) is 29.5 Å². The number of anilines is 2. The molecule has 10 heteroatoms. The molecule has 0 aliphatic carbocycles. The Kier molecular flexibility index (Phi) is 8.24. The number of aryl methyl sites for hydroxylation is 1. The normalized spacial score (nSPS) is 10.2. The van der Waals surface area contributed by atoms with E-state index in [9.17, 15) is 13.6 Å². The zero-order valence-electron chi connectivity index (χ0n) is 16.8. The SMILES string of the molecule is C=COCCONC(=O)c1cc2onnc2c(F)c1Nc1ccc(C)cc1F.CC. The molecule has 160 valence electrons. The summed E-state index contributed by atoms with van der Waals surface area (Å²) in [6.07, 6.45) is 1.23. The Bertz CT molecular complexity index is 1020. The maximum Gasteiger partial charge on any atom is 0.277 e. The number of fused-ring (bicyclic) bond motifs is 1. The van der Waals surface area contributed by atoms with Crippen molar-refractivity contribution in [2.24, 2.45) is 0 Å². The van der Waals surface area contributed by atoms with E-state index < -0.39 is 17.5 Å². The zero-order valence-corrected chi connectivity index (χ0v) is 16.8. The van der Waals surface area contributed by atoms with Crippen LogP contribution in [0.5, 0.6) is 0 Å². The quantitative estimate of drug-likeness (QED) is 0.317. The summed E-state index contributed by atoms with van der Waals surface area (Å²) in [5.74, 6) is -2.31. The molecule has 30 heavy (non-hydrogen) atoms. The van der Waals surface area contributed by atoms with E-state index in [4.69, 9.17) is 14.1 Å². The van der Waals surface area contributed by atoms with Gasteiger partial charge < -0.3 is 14.6 Å². The van der Waals surface area contributed by atoms with Crippen LogP contribution in [0, 0.1) is 18.6 Å². The molecule has 0 spiro atoms. The smallest absolute Gasteiger partial charge is 0.277 e. The number of amides is 1. The number of halogens is 2. The van der Waals surface area contributed by atoms with Gasteiger partial charge in [-0.25, -0.2) is 14.3 Å². The van der Waals surface area contributed by atoms with Gasteiger partial charge in [-0.1, -0.05) is 26.5 Å². The Morgan fingerprint density at radius 3 is 2.73 bits per heavy atom. The molecule has 2 N–H and O–H groups in total. The van der Waals surface area contributed by atoms with Gasteiger partial charge in [-0.3, -0.25) is 9.63 Å². The van der Waals surface area contributed by atoms with Gasteiger partial charge in [-0.2, -0.15) is 0 Å². The first-order chi connectivity index (χ1) is 14.5. The minimum absolute atomic E-state index is 0.0188. The van der Waals surface area contributed by atoms with E-state index in [0.29, 0.717) is 5.56 Å². The number of hydrogen-bond acceptors (Lipinski definition) is 7. The molecule has 2 aromatic carbocycles. The number of aromatic nitrogens is 2. The Morgan fingerprint density at radius 1 is 1.27 bits per heavy atom. The summed E-state index contributed by atoms with van der Waals surface area (Å²) in [5, 5.41) is 9.42. The average molecular weight is 420 g/mol. The molecule has 0 aliphatic rings. The second-order valence-corrected chi connectivity index (χ2v) is 5.66. The molecular weight excluding hydrogens is 398 g/mol. The molecule has 0 fully saturated rings. The fourth-order valence-electron chi connectivity index (χ4n) is 2.39. The van der Waals surface area contributed by atoms with Crippen LogP contribution in [0.25, 0.3) is 11.1 Å². The molecule has 1 aromatic heterocycles. The van der Waals surface area contributed by atoms with Crippen molar-refractivity contribution in [3.05, 3.63) is 59.9 Å². The van der Waals surface area contributed by atoms with Crippen molar-refractivity contribution in [3.63, 3.8) is 0 Å². The predicted molar refractivity (Wildman–Crippen MR) is 107 cm³/mol. The number of hydroxylamine groups is 1. The Labute approximate surface area is 171 Å². The third-order valence-corrected chi connectivity index (χ3v) is 3.70. The van der Waals surface area contributed by atoms with E-state index in [1.165, 1.54) is 24.5 Å². The van der Waals surface area contributed by atoms with Gasteiger partial charge in [0.2, 0.25) is 0 Å². The van der Waals surface area contributed by atoms with Crippen LogP contribution in [0.2, 0.25) is 0 Å². The van der Waals surface area contributed by atoms with Crippen LogP contribution < -0.4 is 10.8 Å². The van der Waals surface area contributed by atoms with Crippen molar-refractivity contribution in [2.45, 2.75) is 20.8 Å². The van der Waals surface area contributed by atoms with Crippen molar-refractivity contribution in [2.75, 3.05) is 18.5 Å². The highest BCUT2D eigenvalue weighted by molar-refractivity contribution is 6.03. The van der Waals surface area contributed by atoms with Crippen LogP contribution in [0.4, 0.5) is 20.2 Å². The van der Waals surface area contributed by atoms with Gasteiger partial charge in [-0.05, 0) is 24.6 Å². The molecular formula is C20H22F2N4O4. The minimum Gasteiger partial charge on any atom is -0.499 e. The van der Waals surface area contributed by atoms with Crippen LogP contribution in [0.3, 0.4) is 0 Å². The molecule has 0 bridgehead atoms. The first-order valence-electron chi connectivity index (χ1n) is 9.13. The van der Waals surface area contributed by atoms with E-state index in [1.807, 2.05) is 13.8 Å². The van der Waals surface area contributed by atoms with Crippen LogP contribution >= 0.6 is 0 Å². The van der Waals surface area contributed by atoms with Crippen molar-refractivity contribution < 1.29 is 27.7 Å². The molecule has 3 rings (SSSR count). The van der Waals surface area contributed by atoms with Gasteiger partial charge in [0.15, 0.2) is 16.9 Å². The molecule has 3 aromatic rings. The summed E-state index contributed by atoms with van der Waals surface area (Å²) >= 11 is 0. The van der Waals surface area contributed by atoms with Gasteiger partial charge in [0.05, 0.1) is 23.2 Å². The average Bonchev–Trinajstić information content (AvgIpc) is 3.22. The second kappa shape index (κ2) is 10.9. The number of rotatable bonds is 8. The largest absolute Gasteiger partial charge is 0.499 e. The lowest BCUT2D eigenvalue weighted by atomic mass is 10.1. The highest BCUT2D eigenvalue weighted by Gasteiger charge is 2.23. The number of carbonyl (C=O) groups is 1. The monoisotopic (exact) mass is 420 g/mol. The maximum atomic E-state index is 14.9. The predicted octanol–water partition coefficient (Wildman–Crippen LogP) is 4.40. The fraction of sp³-hybridized carbons (Fsp3) is 0.250. The molecule has 8 nitrogen and oxygen atoms in total. The van der Waals surface area contributed by atoms with E-state index in [1.54, 1.807) is 13.0 Å². The second-order valence-electron chi connectivity index (χ2n) is 5.66. The van der Waals surface area contributed by atoms with E-state index >= 15 is 0 Å². The summed E-state index contributed by atoms with van der Waals surface area (Å²) in [6, 6.07) is 5.58. The van der Waals surface area contributed by atoms with Gasteiger partial charge >= 0.3 is 0 Å². The molecule has 1 amide bonds. The number of hydrogen-bond donors (Lipinski definition) is 2. The first-order valence-corrected chi connectivity index (χ1v) is 9.13. The molecule has 0 saturated heterocycles. The Balaban J connectivity index is 0.00000155. The molecule has 0 aliphatic heterocycles. The Hall–Kier alpha value is -3.53. The first kappa shape index (κ1) is 22.8. The van der Waals surface area contributed by atoms with Crippen LogP contribution in [0.1, 0.15) is 29.8 Å². The summed E-state index contributed by atoms with van der Waals surface area (Å²) in [4.78, 5) is 17.4. The van der Waals surface area contributed by atoms with Gasteiger partial charge in [0.1, 0.15) is 19.0 Å². The lowest BCUT2D eigenvalue weighted by molar-refractivity contribution is 0.0145. The van der Waals surface area contributed by atoms with E-state index in [0.717, 1.165) is 0 Å². The maximum absolute atomic E-state index is 14.9. The zero-order chi connectivity index (χ0) is 22.1. The highest BCUT2D eigenvalue weighted by atomic mass is 19.1. The molecule has 0 atom stereocenters. The van der Waals surface area contributed by atoms with Crippen molar-refractivity contribution in [3.8, 4) is 0 Å². The third-order valence-electron chi connectivity index (χ3n) is 3.70. The summed E-state index contributed by atoms with van der Waals surface area (Å²) in [6.45, 7) is 9.27. The summed E-state index contributed by atoms with van der Waals surface area (Å²) in [5.41, 5.74) is 2.09. The van der Waals surface area contributed by atoms with Crippen LogP contribution in [0.15, 0.2) is 41.6 Å². The number of nitrogens with zero attached hydrogens (tertiary/aromatic N) is 2. The third kappa shape index (κ3) is 5.29. The number of carbonyl (C=O) groups excluding carboxylic acids is 1. The molecule has 0 saturated carbocycles. The summed E-state index contributed by atoms with van der Waals surface area (Å²) in [7, 11) is 0. The van der Waals surface area contributed by atoms with E-state index in [2.05, 4.69) is 27.7 Å². The van der Waals surface area contributed by atoms with Crippen molar-refractivity contribution in [1.82, 2.24) is 15.9 Å². The lowest BCUT2D eigenvalue weighted by Gasteiger charge is -2.14. The van der Waals surface area contributed by atoms with Gasteiger partial charge in [-0.15, -0.1) is 5.10 Å². The minimum atomic E-state index is -0.918. The number of ether oxygens (including phenoxy) is 1. The number of nitrogens with one attached hydrogen (secondary N) is 2. The van der Waals surface area contributed by atoms with Crippen molar-refractivity contribution in [1.29, 1.82) is 0 Å². The van der Waals surface area contributed by atoms with Crippen LogP contribution in [-0.2, 0) is 9.57 Å². The summed E-state index contributed by atoms with van der Waals surface area (Å²) < 4.78 is 38.8. The molecule has 1 heterocycles. The standard InChI is InChI=1S/C18H16F2N4O4.C2H6/c1-3-26-6-7-27-23-18(25)11-9-14-17(22-24-28-14)15(20)16(11)21-13-5-4-10(2)8-12(13)19;1-2/h3-5,8-9,21H,1,6-7H2,2H3,(H,23,25);1-2H3.